The molecular weight excluding hydrogens is 326 g/mol. The Kier molecular flexibility index (Phi) is 4.44. The van der Waals surface area contributed by atoms with Gasteiger partial charge in [-0.15, -0.1) is 22.7 Å². The van der Waals surface area contributed by atoms with E-state index < -0.39 is 0 Å². The highest BCUT2D eigenvalue weighted by Crippen LogP contribution is 2.37. The molecule has 0 aromatic carbocycles. The maximum Gasteiger partial charge on any atom is 0.0931 e. The van der Waals surface area contributed by atoms with Crippen LogP contribution >= 0.6 is 50.2 Å². The highest BCUT2D eigenvalue weighted by molar-refractivity contribution is 9.10. The third-order valence-electron chi connectivity index (χ3n) is 2.19. The molecule has 0 amide bonds. The van der Waals surface area contributed by atoms with E-state index in [0.29, 0.717) is 0 Å². The number of rotatable bonds is 4. The fraction of sp³-hybridized carbons (Fsp3) is 0.273. The van der Waals surface area contributed by atoms with Crippen molar-refractivity contribution >= 4 is 50.2 Å². The first kappa shape index (κ1) is 12.6. The van der Waals surface area contributed by atoms with Crippen LogP contribution in [0.15, 0.2) is 28.1 Å². The van der Waals surface area contributed by atoms with Crippen molar-refractivity contribution in [2.75, 3.05) is 6.54 Å². The lowest BCUT2D eigenvalue weighted by atomic mass is 10.2. The van der Waals surface area contributed by atoms with E-state index in [9.17, 15) is 0 Å². The highest BCUT2D eigenvalue weighted by atomic mass is 79.9. The summed E-state index contributed by atoms with van der Waals surface area (Å²) < 4.78 is 2.00. The van der Waals surface area contributed by atoms with Gasteiger partial charge in [0, 0.05) is 14.2 Å². The van der Waals surface area contributed by atoms with Crippen molar-refractivity contribution in [1.82, 2.24) is 5.32 Å². The average Bonchev–Trinajstić information content (AvgIpc) is 2.84. The molecule has 2 heterocycles. The topological polar surface area (TPSA) is 12.0 Å². The van der Waals surface area contributed by atoms with Gasteiger partial charge in [-0.2, -0.15) is 0 Å². The number of hydrogen-bond acceptors (Lipinski definition) is 3. The molecule has 0 fully saturated rings. The van der Waals surface area contributed by atoms with E-state index in [4.69, 9.17) is 11.6 Å². The molecule has 1 nitrogen and oxygen atoms in total. The van der Waals surface area contributed by atoms with E-state index >= 15 is 0 Å². The number of thiophene rings is 2. The SMILES string of the molecule is CCNC(c1ccc(Cl)s1)c1sccc1Br. The van der Waals surface area contributed by atoms with Crippen LogP contribution < -0.4 is 5.32 Å². The second-order valence-corrected chi connectivity index (χ2v) is 6.81. The number of halogens is 2. The minimum absolute atomic E-state index is 0.247. The van der Waals surface area contributed by atoms with Gasteiger partial charge in [0.15, 0.2) is 0 Å². The third-order valence-corrected chi connectivity index (χ3v) is 5.43. The summed E-state index contributed by atoms with van der Waals surface area (Å²) in [6, 6.07) is 6.37. The van der Waals surface area contributed by atoms with Gasteiger partial charge in [-0.1, -0.05) is 18.5 Å². The molecule has 86 valence electrons. The fourth-order valence-corrected chi connectivity index (χ4v) is 4.44. The van der Waals surface area contributed by atoms with E-state index in [1.165, 1.54) is 9.75 Å². The minimum Gasteiger partial charge on any atom is -0.305 e. The molecule has 0 aliphatic heterocycles. The fourth-order valence-electron chi connectivity index (χ4n) is 1.52. The summed E-state index contributed by atoms with van der Waals surface area (Å²) in [6.07, 6.45) is 0. The molecule has 2 rings (SSSR count). The minimum atomic E-state index is 0.247. The first-order valence-corrected chi connectivity index (χ1v) is 7.80. The molecule has 1 unspecified atom stereocenters. The maximum absolute atomic E-state index is 5.99. The Bertz CT molecular complexity index is 466. The van der Waals surface area contributed by atoms with Gasteiger partial charge in [0.25, 0.3) is 0 Å². The lowest BCUT2D eigenvalue weighted by Gasteiger charge is -2.15. The molecule has 16 heavy (non-hydrogen) atoms. The van der Waals surface area contributed by atoms with Crippen molar-refractivity contribution in [3.05, 3.63) is 42.1 Å². The van der Waals surface area contributed by atoms with Crippen molar-refractivity contribution in [2.45, 2.75) is 13.0 Å². The zero-order valence-corrected chi connectivity index (χ0v) is 12.6. The second kappa shape index (κ2) is 5.65. The van der Waals surface area contributed by atoms with Gasteiger partial charge in [-0.05, 0) is 46.1 Å². The Hall–Kier alpha value is 0.130. The van der Waals surface area contributed by atoms with Crippen LogP contribution in [0.5, 0.6) is 0 Å². The number of nitrogens with one attached hydrogen (secondary N) is 1. The van der Waals surface area contributed by atoms with Crippen molar-refractivity contribution in [3.8, 4) is 0 Å². The van der Waals surface area contributed by atoms with Crippen molar-refractivity contribution in [2.24, 2.45) is 0 Å². The van der Waals surface area contributed by atoms with E-state index in [0.717, 1.165) is 15.4 Å². The largest absolute Gasteiger partial charge is 0.305 e. The van der Waals surface area contributed by atoms with E-state index in [-0.39, 0.29) is 6.04 Å². The Labute approximate surface area is 117 Å². The maximum atomic E-state index is 5.99. The van der Waals surface area contributed by atoms with Crippen LogP contribution in [0.3, 0.4) is 0 Å². The van der Waals surface area contributed by atoms with Gasteiger partial charge in [0.2, 0.25) is 0 Å². The zero-order chi connectivity index (χ0) is 11.5. The highest BCUT2D eigenvalue weighted by Gasteiger charge is 2.18. The first-order valence-electron chi connectivity index (χ1n) is 4.94. The van der Waals surface area contributed by atoms with E-state index in [1.54, 1.807) is 22.7 Å². The Morgan fingerprint density at radius 1 is 1.44 bits per heavy atom. The molecule has 0 aliphatic carbocycles. The number of hydrogen-bond donors (Lipinski definition) is 1. The molecule has 1 atom stereocenters. The molecule has 5 heteroatoms. The Balaban J connectivity index is 2.34. The molecular formula is C11H11BrClNS2. The summed E-state index contributed by atoms with van der Waals surface area (Å²) in [5.74, 6) is 0. The molecule has 2 aromatic rings. The summed E-state index contributed by atoms with van der Waals surface area (Å²) in [4.78, 5) is 2.57. The van der Waals surface area contributed by atoms with Crippen LogP contribution in [0.4, 0.5) is 0 Å². The molecule has 0 saturated carbocycles. The van der Waals surface area contributed by atoms with Gasteiger partial charge >= 0.3 is 0 Å². The summed E-state index contributed by atoms with van der Waals surface area (Å²) in [5.41, 5.74) is 0. The normalized spacial score (nSPS) is 12.9. The molecule has 0 saturated heterocycles. The van der Waals surface area contributed by atoms with Crippen LogP contribution in [0, 0.1) is 0 Å². The Morgan fingerprint density at radius 2 is 2.25 bits per heavy atom. The monoisotopic (exact) mass is 335 g/mol. The predicted octanol–water partition coefficient (Wildman–Crippen LogP) is 4.92. The molecule has 0 spiro atoms. The molecule has 2 aromatic heterocycles. The van der Waals surface area contributed by atoms with Crippen LogP contribution in [0.25, 0.3) is 0 Å². The standard InChI is InChI=1S/C11H11BrClNS2/c1-2-14-10(8-3-4-9(13)16-8)11-7(12)5-6-15-11/h3-6,10,14H,2H2,1H3. The quantitative estimate of drug-likeness (QED) is 0.835. The predicted molar refractivity (Wildman–Crippen MR) is 76.9 cm³/mol. The second-order valence-electron chi connectivity index (χ2n) is 3.27. The summed E-state index contributed by atoms with van der Waals surface area (Å²) in [5, 5.41) is 5.58. The molecule has 0 aliphatic rings. The summed E-state index contributed by atoms with van der Waals surface area (Å²) in [7, 11) is 0. The van der Waals surface area contributed by atoms with Crippen molar-refractivity contribution < 1.29 is 0 Å². The summed E-state index contributed by atoms with van der Waals surface area (Å²) in [6.45, 7) is 3.05. The smallest absolute Gasteiger partial charge is 0.0931 e. The van der Waals surface area contributed by atoms with Crippen LogP contribution in [0.1, 0.15) is 22.7 Å². The van der Waals surface area contributed by atoms with Crippen LogP contribution in [0.2, 0.25) is 4.34 Å². The van der Waals surface area contributed by atoms with Crippen molar-refractivity contribution in [1.29, 1.82) is 0 Å². The average molecular weight is 337 g/mol. The lowest BCUT2D eigenvalue weighted by molar-refractivity contribution is 0.647. The van der Waals surface area contributed by atoms with E-state index in [1.807, 2.05) is 6.07 Å². The van der Waals surface area contributed by atoms with Gasteiger partial charge in [0.1, 0.15) is 0 Å². The molecule has 0 radical (unpaired) electrons. The lowest BCUT2D eigenvalue weighted by Crippen LogP contribution is -2.20. The molecule has 1 N–H and O–H groups in total. The zero-order valence-electron chi connectivity index (χ0n) is 8.67. The first-order chi connectivity index (χ1) is 7.72. The van der Waals surface area contributed by atoms with Crippen LogP contribution in [-0.2, 0) is 0 Å². The Morgan fingerprint density at radius 3 is 2.75 bits per heavy atom. The molecule has 0 bridgehead atoms. The van der Waals surface area contributed by atoms with Gasteiger partial charge < -0.3 is 5.32 Å². The van der Waals surface area contributed by atoms with Crippen molar-refractivity contribution in [3.63, 3.8) is 0 Å². The van der Waals surface area contributed by atoms with Gasteiger partial charge in [0.05, 0.1) is 10.4 Å². The summed E-state index contributed by atoms with van der Waals surface area (Å²) >= 11 is 13.0. The van der Waals surface area contributed by atoms with Gasteiger partial charge in [-0.25, -0.2) is 0 Å². The van der Waals surface area contributed by atoms with Crippen LogP contribution in [-0.4, -0.2) is 6.54 Å². The third kappa shape index (κ3) is 2.68. The van der Waals surface area contributed by atoms with Gasteiger partial charge in [-0.3, -0.25) is 0 Å². The van der Waals surface area contributed by atoms with E-state index in [2.05, 4.69) is 45.7 Å².